The van der Waals surface area contributed by atoms with Crippen LogP contribution in [0.4, 0.5) is 0 Å². The number of aryl methyl sites for hydroxylation is 2. The maximum atomic E-state index is 11.8. The zero-order valence-corrected chi connectivity index (χ0v) is 13.9. The number of nitrogens with one attached hydrogen (secondary N) is 1. The molecule has 1 aromatic carbocycles. The number of amides is 1. The molecule has 6 nitrogen and oxygen atoms in total. The van der Waals surface area contributed by atoms with Crippen LogP contribution in [0.25, 0.3) is 5.69 Å². The van der Waals surface area contributed by atoms with Crippen LogP contribution in [0.3, 0.4) is 0 Å². The van der Waals surface area contributed by atoms with Gasteiger partial charge in [0.05, 0.1) is 29.4 Å². The van der Waals surface area contributed by atoms with E-state index in [4.69, 9.17) is 16.0 Å². The van der Waals surface area contributed by atoms with Gasteiger partial charge in [0.25, 0.3) is 0 Å². The summed E-state index contributed by atoms with van der Waals surface area (Å²) >= 11 is 6.40. The number of hydrogen-bond acceptors (Lipinski definition) is 4. The second-order valence-corrected chi connectivity index (χ2v) is 5.57. The van der Waals surface area contributed by atoms with Gasteiger partial charge < -0.3 is 4.42 Å². The second-order valence-electron chi connectivity index (χ2n) is 5.21. The average molecular weight is 343 g/mol. The van der Waals surface area contributed by atoms with Crippen LogP contribution < -0.4 is 5.43 Å². The molecule has 0 bridgehead atoms. The molecule has 1 N–H and O–H groups in total. The van der Waals surface area contributed by atoms with E-state index in [1.54, 1.807) is 16.8 Å². The molecule has 24 heavy (non-hydrogen) atoms. The molecule has 2 aromatic heterocycles. The first-order valence-corrected chi connectivity index (χ1v) is 7.63. The van der Waals surface area contributed by atoms with Crippen LogP contribution in [0, 0.1) is 13.8 Å². The fourth-order valence-electron chi connectivity index (χ4n) is 2.13. The third kappa shape index (κ3) is 3.23. The summed E-state index contributed by atoms with van der Waals surface area (Å²) < 4.78 is 6.62. The van der Waals surface area contributed by atoms with Crippen molar-refractivity contribution in [2.45, 2.75) is 13.8 Å². The number of nitrogens with zero attached hydrogens (tertiary/aromatic N) is 3. The number of halogens is 1. The molecular weight excluding hydrogens is 328 g/mol. The van der Waals surface area contributed by atoms with Gasteiger partial charge in [-0.3, -0.25) is 4.79 Å². The standard InChI is InChI=1S/C17H15ClN4O2/c1-11-5-7-13(8-6-11)22-16(18)14(12(2)21-22)10-19-20-17(23)15-4-3-9-24-15/h3-10H,1-2H3,(H,20,23). The van der Waals surface area contributed by atoms with E-state index in [1.807, 2.05) is 38.1 Å². The minimum Gasteiger partial charge on any atom is -0.459 e. The molecule has 0 saturated carbocycles. The summed E-state index contributed by atoms with van der Waals surface area (Å²) in [5.41, 5.74) is 5.74. The van der Waals surface area contributed by atoms with Gasteiger partial charge in [0.2, 0.25) is 0 Å². The minimum atomic E-state index is -0.434. The van der Waals surface area contributed by atoms with E-state index in [0.717, 1.165) is 11.3 Å². The number of hydrazone groups is 1. The number of benzene rings is 1. The molecule has 3 rings (SSSR count). The Balaban J connectivity index is 1.80. The summed E-state index contributed by atoms with van der Waals surface area (Å²) in [6, 6.07) is 11.0. The first kappa shape index (κ1) is 16.0. The highest BCUT2D eigenvalue weighted by Crippen LogP contribution is 2.22. The van der Waals surface area contributed by atoms with E-state index >= 15 is 0 Å². The van der Waals surface area contributed by atoms with Gasteiger partial charge in [0, 0.05) is 0 Å². The molecule has 3 aromatic rings. The zero-order chi connectivity index (χ0) is 17.1. The summed E-state index contributed by atoms with van der Waals surface area (Å²) in [6.45, 7) is 3.84. The fourth-order valence-corrected chi connectivity index (χ4v) is 2.45. The Kier molecular flexibility index (Phi) is 4.48. The van der Waals surface area contributed by atoms with E-state index in [1.165, 1.54) is 12.5 Å². The van der Waals surface area contributed by atoms with Gasteiger partial charge >= 0.3 is 5.91 Å². The van der Waals surface area contributed by atoms with Crippen molar-refractivity contribution < 1.29 is 9.21 Å². The van der Waals surface area contributed by atoms with Crippen molar-refractivity contribution in [3.63, 3.8) is 0 Å². The molecule has 0 atom stereocenters. The lowest BCUT2D eigenvalue weighted by Gasteiger charge is -2.03. The Morgan fingerprint density at radius 1 is 1.29 bits per heavy atom. The lowest BCUT2D eigenvalue weighted by Crippen LogP contribution is -2.16. The molecule has 7 heteroatoms. The number of aromatic nitrogens is 2. The van der Waals surface area contributed by atoms with Gasteiger partial charge in [0.1, 0.15) is 5.15 Å². The lowest BCUT2D eigenvalue weighted by molar-refractivity contribution is 0.0927. The van der Waals surface area contributed by atoms with Gasteiger partial charge in [-0.15, -0.1) is 0 Å². The molecule has 0 aliphatic heterocycles. The SMILES string of the molecule is Cc1ccc(-n2nc(C)c(C=NNC(=O)c3ccco3)c2Cl)cc1. The highest BCUT2D eigenvalue weighted by Gasteiger charge is 2.13. The van der Waals surface area contributed by atoms with E-state index < -0.39 is 5.91 Å². The summed E-state index contributed by atoms with van der Waals surface area (Å²) in [7, 11) is 0. The molecule has 0 fully saturated rings. The number of rotatable bonds is 4. The number of furan rings is 1. The Morgan fingerprint density at radius 2 is 2.04 bits per heavy atom. The van der Waals surface area contributed by atoms with Crippen LogP contribution in [0.1, 0.15) is 27.4 Å². The molecule has 0 saturated heterocycles. The van der Waals surface area contributed by atoms with Gasteiger partial charge in [0.15, 0.2) is 5.76 Å². The van der Waals surface area contributed by atoms with E-state index in [-0.39, 0.29) is 5.76 Å². The molecule has 1 amide bonds. The average Bonchev–Trinajstić information content (AvgIpc) is 3.19. The predicted molar refractivity (Wildman–Crippen MR) is 91.8 cm³/mol. The zero-order valence-electron chi connectivity index (χ0n) is 13.2. The maximum absolute atomic E-state index is 11.8. The van der Waals surface area contributed by atoms with Crippen molar-refractivity contribution in [2.24, 2.45) is 5.10 Å². The van der Waals surface area contributed by atoms with Crippen molar-refractivity contribution >= 4 is 23.7 Å². The van der Waals surface area contributed by atoms with Gasteiger partial charge in [-0.05, 0) is 38.1 Å². The molecule has 2 heterocycles. The molecule has 0 aliphatic rings. The minimum absolute atomic E-state index is 0.185. The fraction of sp³-hybridized carbons (Fsp3) is 0.118. The molecule has 0 aliphatic carbocycles. The Labute approximate surface area is 143 Å². The predicted octanol–water partition coefficient (Wildman–Crippen LogP) is 3.50. The van der Waals surface area contributed by atoms with Crippen molar-refractivity contribution in [3.8, 4) is 5.69 Å². The first-order valence-electron chi connectivity index (χ1n) is 7.25. The molecular formula is C17H15ClN4O2. The Morgan fingerprint density at radius 3 is 2.71 bits per heavy atom. The number of carbonyl (C=O) groups excluding carboxylic acids is 1. The monoisotopic (exact) mass is 342 g/mol. The summed E-state index contributed by atoms with van der Waals surface area (Å²) in [5, 5.41) is 8.76. The van der Waals surface area contributed by atoms with E-state index in [0.29, 0.717) is 16.4 Å². The Bertz CT molecular complexity index is 880. The van der Waals surface area contributed by atoms with Crippen LogP contribution in [0.15, 0.2) is 52.2 Å². The smallest absolute Gasteiger partial charge is 0.307 e. The van der Waals surface area contributed by atoms with Gasteiger partial charge in [-0.25, -0.2) is 10.1 Å². The first-order chi connectivity index (χ1) is 11.6. The summed E-state index contributed by atoms with van der Waals surface area (Å²) in [6.07, 6.45) is 2.89. The van der Waals surface area contributed by atoms with Crippen LogP contribution in [0.5, 0.6) is 0 Å². The lowest BCUT2D eigenvalue weighted by atomic mass is 10.2. The van der Waals surface area contributed by atoms with Crippen molar-refractivity contribution in [1.82, 2.24) is 15.2 Å². The van der Waals surface area contributed by atoms with Crippen LogP contribution in [-0.2, 0) is 0 Å². The molecule has 122 valence electrons. The summed E-state index contributed by atoms with van der Waals surface area (Å²) in [4.78, 5) is 11.8. The van der Waals surface area contributed by atoms with E-state index in [2.05, 4.69) is 15.6 Å². The van der Waals surface area contributed by atoms with Crippen LogP contribution >= 0.6 is 11.6 Å². The van der Waals surface area contributed by atoms with Crippen LogP contribution in [0.2, 0.25) is 5.15 Å². The third-order valence-electron chi connectivity index (χ3n) is 3.43. The normalized spacial score (nSPS) is 11.1. The Hall–Kier alpha value is -2.86. The van der Waals surface area contributed by atoms with Gasteiger partial charge in [-0.2, -0.15) is 10.2 Å². The van der Waals surface area contributed by atoms with Crippen molar-refractivity contribution in [3.05, 3.63) is 70.4 Å². The highest BCUT2D eigenvalue weighted by molar-refractivity contribution is 6.32. The second kappa shape index (κ2) is 6.72. The quantitative estimate of drug-likeness (QED) is 0.582. The van der Waals surface area contributed by atoms with Crippen molar-refractivity contribution in [2.75, 3.05) is 0 Å². The molecule has 0 unspecified atom stereocenters. The molecule has 0 radical (unpaired) electrons. The maximum Gasteiger partial charge on any atom is 0.307 e. The number of carbonyl (C=O) groups is 1. The third-order valence-corrected chi connectivity index (χ3v) is 3.79. The highest BCUT2D eigenvalue weighted by atomic mass is 35.5. The summed E-state index contributed by atoms with van der Waals surface area (Å²) in [5.74, 6) is -0.249. The largest absolute Gasteiger partial charge is 0.459 e. The topological polar surface area (TPSA) is 72.4 Å². The number of hydrogen-bond donors (Lipinski definition) is 1. The molecule has 0 spiro atoms. The van der Waals surface area contributed by atoms with E-state index in [9.17, 15) is 4.79 Å². The van der Waals surface area contributed by atoms with Crippen molar-refractivity contribution in [1.29, 1.82) is 0 Å². The van der Waals surface area contributed by atoms with Gasteiger partial charge in [-0.1, -0.05) is 29.3 Å². The van der Waals surface area contributed by atoms with Crippen LogP contribution in [-0.4, -0.2) is 21.9 Å².